The van der Waals surface area contributed by atoms with E-state index in [2.05, 4.69) is 5.10 Å². The molecule has 0 saturated heterocycles. The van der Waals surface area contributed by atoms with E-state index >= 15 is 0 Å². The van der Waals surface area contributed by atoms with Crippen LogP contribution in [-0.4, -0.2) is 27.6 Å². The number of aromatic nitrogens is 2. The van der Waals surface area contributed by atoms with Crippen LogP contribution in [0.25, 0.3) is 11.7 Å². The van der Waals surface area contributed by atoms with Crippen molar-refractivity contribution in [2.45, 2.75) is 12.6 Å². The fraction of sp³-hybridized carbons (Fsp3) is 0.136. The van der Waals surface area contributed by atoms with Gasteiger partial charge in [0.05, 0.1) is 12.3 Å². The highest BCUT2D eigenvalue weighted by molar-refractivity contribution is 5.76. The number of rotatable bonds is 6. The molecule has 7 heteroatoms. The van der Waals surface area contributed by atoms with E-state index in [9.17, 15) is 9.59 Å². The van der Waals surface area contributed by atoms with Gasteiger partial charge in [0, 0.05) is 7.05 Å². The van der Waals surface area contributed by atoms with Crippen LogP contribution in [0.15, 0.2) is 92.7 Å². The minimum absolute atomic E-state index is 0.0399. The van der Waals surface area contributed by atoms with Crippen LogP contribution in [0.1, 0.15) is 17.2 Å². The molecule has 0 radical (unpaired) electrons. The summed E-state index contributed by atoms with van der Waals surface area (Å²) < 4.78 is 11.3. The molecule has 7 nitrogen and oxygen atoms in total. The molecule has 0 N–H and O–H groups in total. The molecular weight excluding hydrogens is 370 g/mol. The average molecular weight is 389 g/mol. The molecule has 0 fully saturated rings. The van der Waals surface area contributed by atoms with Gasteiger partial charge in [-0.05, 0) is 23.3 Å². The Balaban J connectivity index is 1.61. The number of furan rings is 1. The summed E-state index contributed by atoms with van der Waals surface area (Å²) in [4.78, 5) is 26.7. The lowest BCUT2D eigenvalue weighted by Gasteiger charge is -2.29. The third-order valence-electron chi connectivity index (χ3n) is 4.63. The second-order valence-electron chi connectivity index (χ2n) is 6.54. The van der Waals surface area contributed by atoms with E-state index < -0.39 is 5.76 Å². The van der Waals surface area contributed by atoms with Gasteiger partial charge < -0.3 is 13.7 Å². The number of carbonyl (C=O) groups is 1. The maximum atomic E-state index is 13.0. The number of nitrogens with zero attached hydrogens (tertiary/aromatic N) is 3. The second kappa shape index (κ2) is 8.02. The summed E-state index contributed by atoms with van der Waals surface area (Å²) >= 11 is 0. The largest absolute Gasteiger partial charge is 0.459 e. The van der Waals surface area contributed by atoms with Gasteiger partial charge in [-0.1, -0.05) is 60.7 Å². The van der Waals surface area contributed by atoms with Gasteiger partial charge in [0.15, 0.2) is 5.76 Å². The minimum atomic E-state index is -0.714. The first-order valence-electron chi connectivity index (χ1n) is 9.11. The first kappa shape index (κ1) is 18.5. The monoisotopic (exact) mass is 389 g/mol. The Labute approximate surface area is 166 Å². The van der Waals surface area contributed by atoms with Crippen molar-refractivity contribution in [2.75, 3.05) is 7.05 Å². The molecule has 1 amide bonds. The Morgan fingerprint density at radius 3 is 2.17 bits per heavy atom. The van der Waals surface area contributed by atoms with Gasteiger partial charge in [-0.3, -0.25) is 4.79 Å². The van der Waals surface area contributed by atoms with Crippen LogP contribution in [0.3, 0.4) is 0 Å². The zero-order valence-electron chi connectivity index (χ0n) is 15.8. The van der Waals surface area contributed by atoms with E-state index in [1.54, 1.807) is 24.1 Å². The highest BCUT2D eigenvalue weighted by Gasteiger charge is 2.25. The van der Waals surface area contributed by atoms with Gasteiger partial charge in [0.2, 0.25) is 5.91 Å². The van der Waals surface area contributed by atoms with E-state index in [1.165, 1.54) is 6.26 Å². The van der Waals surface area contributed by atoms with Gasteiger partial charge in [-0.15, -0.1) is 5.10 Å². The van der Waals surface area contributed by atoms with Gasteiger partial charge >= 0.3 is 5.76 Å². The minimum Gasteiger partial charge on any atom is -0.459 e. The lowest BCUT2D eigenvalue weighted by molar-refractivity contribution is -0.132. The molecule has 0 bridgehead atoms. The molecule has 0 aliphatic rings. The van der Waals surface area contributed by atoms with Crippen molar-refractivity contribution in [3.05, 3.63) is 101 Å². The lowest BCUT2D eigenvalue weighted by Crippen LogP contribution is -2.36. The molecule has 0 atom stereocenters. The predicted molar refractivity (Wildman–Crippen MR) is 106 cm³/mol. The number of hydrogen-bond donors (Lipinski definition) is 0. The summed E-state index contributed by atoms with van der Waals surface area (Å²) in [7, 11) is 1.71. The average Bonchev–Trinajstić information content (AvgIpc) is 3.40. The van der Waals surface area contributed by atoms with Crippen LogP contribution in [0.4, 0.5) is 0 Å². The maximum absolute atomic E-state index is 13.0. The first-order chi connectivity index (χ1) is 14.1. The van der Waals surface area contributed by atoms with Crippen molar-refractivity contribution in [1.29, 1.82) is 0 Å². The summed E-state index contributed by atoms with van der Waals surface area (Å²) in [6, 6.07) is 22.5. The number of likely N-dealkylation sites (N-methyl/N-ethyl adjacent to an activating group) is 1. The zero-order valence-corrected chi connectivity index (χ0v) is 15.8. The van der Waals surface area contributed by atoms with E-state index in [0.29, 0.717) is 5.76 Å². The van der Waals surface area contributed by atoms with Crippen LogP contribution in [0.2, 0.25) is 0 Å². The Bertz CT molecular complexity index is 1090. The SMILES string of the molecule is CN(C(=O)Cn1nc(-c2ccco2)oc1=O)C(c1ccccc1)c1ccccc1. The summed E-state index contributed by atoms with van der Waals surface area (Å²) in [6.07, 6.45) is 1.46. The highest BCUT2D eigenvalue weighted by Crippen LogP contribution is 2.27. The molecule has 4 aromatic rings. The Morgan fingerprint density at radius 1 is 1.00 bits per heavy atom. The van der Waals surface area contributed by atoms with Crippen LogP contribution in [0, 0.1) is 0 Å². The molecule has 2 heterocycles. The Hall–Kier alpha value is -3.87. The zero-order chi connectivity index (χ0) is 20.2. The lowest BCUT2D eigenvalue weighted by atomic mass is 9.97. The van der Waals surface area contributed by atoms with E-state index in [-0.39, 0.29) is 24.4 Å². The number of carbonyl (C=O) groups excluding carboxylic acids is 1. The van der Waals surface area contributed by atoms with Crippen molar-refractivity contribution in [3.8, 4) is 11.7 Å². The number of benzene rings is 2. The molecule has 0 unspecified atom stereocenters. The molecule has 0 spiro atoms. The molecule has 2 aromatic carbocycles. The van der Waals surface area contributed by atoms with Crippen LogP contribution < -0.4 is 5.76 Å². The Kier molecular flexibility index (Phi) is 5.11. The van der Waals surface area contributed by atoms with Crippen molar-refractivity contribution in [2.24, 2.45) is 0 Å². The molecule has 0 aliphatic heterocycles. The summed E-state index contributed by atoms with van der Waals surface area (Å²) in [5.41, 5.74) is 1.94. The summed E-state index contributed by atoms with van der Waals surface area (Å²) in [6.45, 7) is -0.240. The summed E-state index contributed by atoms with van der Waals surface area (Å²) in [5.74, 6) is -0.621. The van der Waals surface area contributed by atoms with E-state index in [1.807, 2.05) is 60.7 Å². The van der Waals surface area contributed by atoms with Gasteiger partial charge in [-0.25, -0.2) is 4.79 Å². The normalized spacial score (nSPS) is 11.0. The molecule has 29 heavy (non-hydrogen) atoms. The van der Waals surface area contributed by atoms with Gasteiger partial charge in [0.1, 0.15) is 6.54 Å². The highest BCUT2D eigenvalue weighted by atomic mass is 16.4. The third-order valence-corrected chi connectivity index (χ3v) is 4.63. The van der Waals surface area contributed by atoms with Crippen LogP contribution >= 0.6 is 0 Å². The molecule has 0 aliphatic carbocycles. The molecular formula is C22H19N3O4. The fourth-order valence-electron chi connectivity index (χ4n) is 3.20. The Morgan fingerprint density at radius 2 is 1.62 bits per heavy atom. The van der Waals surface area contributed by atoms with E-state index in [0.717, 1.165) is 15.8 Å². The number of hydrogen-bond acceptors (Lipinski definition) is 5. The standard InChI is InChI=1S/C22H19N3O4/c1-24(20(16-9-4-2-5-10-16)17-11-6-3-7-12-17)19(26)15-25-22(27)29-21(23-25)18-13-8-14-28-18/h2-14,20H,15H2,1H3. The van der Waals surface area contributed by atoms with Crippen molar-refractivity contribution >= 4 is 5.91 Å². The fourth-order valence-corrected chi connectivity index (χ4v) is 3.20. The first-order valence-corrected chi connectivity index (χ1v) is 9.11. The third kappa shape index (κ3) is 3.89. The van der Waals surface area contributed by atoms with Gasteiger partial charge in [-0.2, -0.15) is 4.68 Å². The molecule has 2 aromatic heterocycles. The van der Waals surface area contributed by atoms with Crippen LogP contribution in [0.5, 0.6) is 0 Å². The topological polar surface area (TPSA) is 81.5 Å². The quantitative estimate of drug-likeness (QED) is 0.505. The number of amides is 1. The summed E-state index contributed by atoms with van der Waals surface area (Å²) in [5, 5.41) is 4.08. The van der Waals surface area contributed by atoms with E-state index in [4.69, 9.17) is 8.83 Å². The van der Waals surface area contributed by atoms with Crippen molar-refractivity contribution in [1.82, 2.24) is 14.7 Å². The predicted octanol–water partition coefficient (Wildman–Crippen LogP) is 3.34. The van der Waals surface area contributed by atoms with Crippen LogP contribution in [-0.2, 0) is 11.3 Å². The maximum Gasteiger partial charge on any atom is 0.437 e. The molecule has 4 rings (SSSR count). The van der Waals surface area contributed by atoms with Crippen molar-refractivity contribution in [3.63, 3.8) is 0 Å². The van der Waals surface area contributed by atoms with Crippen molar-refractivity contribution < 1.29 is 13.6 Å². The molecule has 146 valence electrons. The second-order valence-corrected chi connectivity index (χ2v) is 6.54. The molecule has 0 saturated carbocycles. The smallest absolute Gasteiger partial charge is 0.437 e. The van der Waals surface area contributed by atoms with Gasteiger partial charge in [0.25, 0.3) is 5.89 Å².